The van der Waals surface area contributed by atoms with Crippen LogP contribution in [0, 0.1) is 0 Å². The summed E-state index contributed by atoms with van der Waals surface area (Å²) < 4.78 is 13.5. The third kappa shape index (κ3) is 3.33. The lowest BCUT2D eigenvalue weighted by Gasteiger charge is -2.02. The molecule has 0 radical (unpaired) electrons. The molecular weight excluding hydrogens is 220 g/mol. The molecule has 0 aliphatic heterocycles. The largest absolute Gasteiger partial charge is 0.462 e. The Morgan fingerprint density at radius 3 is 2.50 bits per heavy atom. The minimum atomic E-state index is -1.13. The number of nitrogens with two attached hydrogens (primary N) is 2. The van der Waals surface area contributed by atoms with E-state index in [2.05, 4.69) is 9.47 Å². The van der Waals surface area contributed by atoms with Crippen molar-refractivity contribution >= 4 is 12.2 Å². The number of primary amides is 2. The maximum absolute atomic E-state index is 11.3. The minimum Gasteiger partial charge on any atom is -0.462 e. The number of carbonyl (C=O) groups is 2. The first-order valence-electron chi connectivity index (χ1n) is 4.00. The molecule has 0 atom stereocenters. The van der Waals surface area contributed by atoms with E-state index in [-0.39, 0.29) is 18.1 Å². The molecule has 2 amide bonds. The fraction of sp³-hybridized carbons (Fsp3) is 0.125. The van der Waals surface area contributed by atoms with Gasteiger partial charge in [-0.25, -0.2) is 9.59 Å². The van der Waals surface area contributed by atoms with Crippen LogP contribution in [0.2, 0.25) is 0 Å². The van der Waals surface area contributed by atoms with Gasteiger partial charge in [0.05, 0.1) is 0 Å². The zero-order valence-corrected chi connectivity index (χ0v) is 7.97. The Labute approximate surface area is 88.7 Å². The van der Waals surface area contributed by atoms with Crippen LogP contribution in [-0.4, -0.2) is 12.2 Å². The van der Waals surface area contributed by atoms with Gasteiger partial charge in [-0.15, -0.1) is 0 Å². The summed E-state index contributed by atoms with van der Waals surface area (Å²) in [5.41, 5.74) is 8.78. The average Bonchev–Trinajstić information content (AvgIpc) is 2.18. The molecule has 0 aliphatic carbocycles. The van der Waals surface area contributed by atoms with Crippen LogP contribution in [0.4, 0.5) is 9.59 Å². The molecule has 0 aromatic carbocycles. The number of amides is 2. The smallest absolute Gasteiger partial charge is 0.410 e. The highest BCUT2D eigenvalue weighted by molar-refractivity contribution is 5.67. The van der Waals surface area contributed by atoms with E-state index < -0.39 is 17.6 Å². The molecular formula is C8H8N2O6. The van der Waals surface area contributed by atoms with Gasteiger partial charge in [-0.2, -0.15) is 0 Å². The van der Waals surface area contributed by atoms with Crippen molar-refractivity contribution in [1.29, 1.82) is 0 Å². The van der Waals surface area contributed by atoms with E-state index in [1.54, 1.807) is 0 Å². The van der Waals surface area contributed by atoms with Crippen LogP contribution in [0.1, 0.15) is 5.76 Å². The zero-order chi connectivity index (χ0) is 12.1. The molecule has 0 unspecified atom stereocenters. The van der Waals surface area contributed by atoms with Gasteiger partial charge in [0.25, 0.3) is 0 Å². The van der Waals surface area contributed by atoms with Crippen LogP contribution in [0.3, 0.4) is 0 Å². The average molecular weight is 228 g/mol. The van der Waals surface area contributed by atoms with E-state index in [1.807, 2.05) is 0 Å². The third-order valence-corrected chi connectivity index (χ3v) is 1.42. The summed E-state index contributed by atoms with van der Waals surface area (Å²) in [4.78, 5) is 31.9. The molecule has 16 heavy (non-hydrogen) atoms. The number of carbonyl (C=O) groups excluding carboxylic acids is 2. The number of hydrogen-bond donors (Lipinski definition) is 2. The summed E-state index contributed by atoms with van der Waals surface area (Å²) in [5.74, 6) is -0.295. The van der Waals surface area contributed by atoms with Gasteiger partial charge < -0.3 is 25.4 Å². The number of ether oxygens (including phenoxy) is 2. The lowest BCUT2D eigenvalue weighted by atomic mass is 10.4. The van der Waals surface area contributed by atoms with Crippen molar-refractivity contribution < 1.29 is 23.5 Å². The van der Waals surface area contributed by atoms with E-state index in [0.29, 0.717) is 0 Å². The molecule has 0 spiro atoms. The predicted octanol–water partition coefficient (Wildman–Crippen LogP) is -0.307. The van der Waals surface area contributed by atoms with Gasteiger partial charge in [0.2, 0.25) is 11.2 Å². The molecule has 1 aromatic rings. The lowest BCUT2D eigenvalue weighted by molar-refractivity contribution is 0.140. The van der Waals surface area contributed by atoms with Crippen LogP contribution in [0.15, 0.2) is 21.5 Å². The Hall–Kier alpha value is -2.51. The highest BCUT2D eigenvalue weighted by Gasteiger charge is 2.08. The van der Waals surface area contributed by atoms with Crippen molar-refractivity contribution in [3.63, 3.8) is 0 Å². The SMILES string of the molecule is NC(=O)OCc1cc(=O)c(OC(N)=O)co1. The summed E-state index contributed by atoms with van der Waals surface area (Å²) in [6.07, 6.45) is -1.25. The van der Waals surface area contributed by atoms with Crippen molar-refractivity contribution in [2.45, 2.75) is 6.61 Å². The van der Waals surface area contributed by atoms with Gasteiger partial charge in [-0.3, -0.25) is 4.79 Å². The first kappa shape index (κ1) is 11.6. The Balaban J connectivity index is 2.78. The fourth-order valence-electron chi connectivity index (χ4n) is 0.839. The van der Waals surface area contributed by atoms with E-state index in [4.69, 9.17) is 15.9 Å². The topological polar surface area (TPSA) is 135 Å². The summed E-state index contributed by atoms with van der Waals surface area (Å²) in [7, 11) is 0. The van der Waals surface area contributed by atoms with Crippen LogP contribution >= 0.6 is 0 Å². The summed E-state index contributed by atoms with van der Waals surface area (Å²) in [6.45, 7) is -0.290. The van der Waals surface area contributed by atoms with Crippen molar-refractivity contribution in [3.05, 3.63) is 28.3 Å². The minimum absolute atomic E-state index is 0.0561. The van der Waals surface area contributed by atoms with Crippen molar-refractivity contribution in [2.75, 3.05) is 0 Å². The maximum atomic E-state index is 11.3. The summed E-state index contributed by atoms with van der Waals surface area (Å²) in [6, 6.07) is 0.987. The second kappa shape index (κ2) is 4.82. The van der Waals surface area contributed by atoms with Crippen LogP contribution in [-0.2, 0) is 11.3 Å². The van der Waals surface area contributed by atoms with Gasteiger partial charge in [0, 0.05) is 6.07 Å². The highest BCUT2D eigenvalue weighted by Crippen LogP contribution is 2.06. The Kier molecular flexibility index (Phi) is 3.49. The lowest BCUT2D eigenvalue weighted by Crippen LogP contribution is -2.20. The van der Waals surface area contributed by atoms with E-state index in [9.17, 15) is 14.4 Å². The van der Waals surface area contributed by atoms with Crippen LogP contribution in [0.5, 0.6) is 5.75 Å². The number of rotatable bonds is 3. The molecule has 0 saturated heterocycles. The summed E-state index contributed by atoms with van der Waals surface area (Å²) in [5, 5.41) is 0. The molecule has 0 saturated carbocycles. The van der Waals surface area contributed by atoms with E-state index in [1.165, 1.54) is 0 Å². The van der Waals surface area contributed by atoms with Crippen molar-refractivity contribution in [2.24, 2.45) is 11.5 Å². The standard InChI is InChI=1S/C8H8N2O6/c9-7(12)15-2-4-1-5(11)6(3-14-4)16-8(10)13/h1,3H,2H2,(H2,9,12)(H2,10,13). The van der Waals surface area contributed by atoms with Gasteiger partial charge in [-0.05, 0) is 0 Å². The molecule has 4 N–H and O–H groups in total. The fourth-order valence-corrected chi connectivity index (χ4v) is 0.839. The Morgan fingerprint density at radius 1 is 1.31 bits per heavy atom. The molecule has 86 valence electrons. The Bertz CT molecular complexity index is 466. The van der Waals surface area contributed by atoms with Crippen molar-refractivity contribution in [1.82, 2.24) is 0 Å². The summed E-state index contributed by atoms with van der Waals surface area (Å²) >= 11 is 0. The molecule has 8 heteroatoms. The molecule has 8 nitrogen and oxygen atoms in total. The normalized spacial score (nSPS) is 9.50. The number of hydrogen-bond acceptors (Lipinski definition) is 6. The highest BCUT2D eigenvalue weighted by atomic mass is 16.6. The van der Waals surface area contributed by atoms with Crippen molar-refractivity contribution in [3.8, 4) is 5.75 Å². The maximum Gasteiger partial charge on any atom is 0.410 e. The molecule has 1 rings (SSSR count). The van der Waals surface area contributed by atoms with Crippen LogP contribution < -0.4 is 21.6 Å². The molecule has 1 aromatic heterocycles. The second-order valence-corrected chi connectivity index (χ2v) is 2.60. The first-order chi connectivity index (χ1) is 7.49. The first-order valence-corrected chi connectivity index (χ1v) is 4.00. The zero-order valence-electron chi connectivity index (χ0n) is 7.97. The van der Waals surface area contributed by atoms with E-state index >= 15 is 0 Å². The van der Waals surface area contributed by atoms with Gasteiger partial charge in [0.15, 0.2) is 6.61 Å². The molecule has 1 heterocycles. The third-order valence-electron chi connectivity index (χ3n) is 1.42. The van der Waals surface area contributed by atoms with E-state index in [0.717, 1.165) is 12.3 Å². The molecule has 0 bridgehead atoms. The van der Waals surface area contributed by atoms with Crippen LogP contribution in [0.25, 0.3) is 0 Å². The quantitative estimate of drug-likeness (QED) is 0.728. The second-order valence-electron chi connectivity index (χ2n) is 2.60. The van der Waals surface area contributed by atoms with Gasteiger partial charge >= 0.3 is 12.2 Å². The van der Waals surface area contributed by atoms with Gasteiger partial charge in [-0.1, -0.05) is 0 Å². The predicted molar refractivity (Wildman–Crippen MR) is 49.6 cm³/mol. The molecule has 0 aliphatic rings. The monoisotopic (exact) mass is 228 g/mol. The molecule has 0 fully saturated rings. The Morgan fingerprint density at radius 2 is 2.00 bits per heavy atom. The van der Waals surface area contributed by atoms with Gasteiger partial charge in [0.1, 0.15) is 12.0 Å².